The molecule has 0 saturated heterocycles. The topological polar surface area (TPSA) is 88.2 Å². The molecule has 0 aliphatic heterocycles. The van der Waals surface area contributed by atoms with E-state index < -0.39 is 5.72 Å². The number of rotatable bonds is 3. The summed E-state index contributed by atoms with van der Waals surface area (Å²) in [6.45, 7) is 0. The molecule has 0 radical (unpaired) electrons. The van der Waals surface area contributed by atoms with E-state index in [0.29, 0.717) is 12.2 Å². The molecule has 4 N–H and O–H groups in total. The number of amides is 1. The second kappa shape index (κ2) is 5.12. The molecule has 0 fully saturated rings. The van der Waals surface area contributed by atoms with Crippen molar-refractivity contribution in [2.45, 2.75) is 12.1 Å². The molecule has 1 amide bonds. The van der Waals surface area contributed by atoms with E-state index in [1.807, 2.05) is 0 Å². The molecule has 2 rings (SSSR count). The average molecular weight is 245 g/mol. The number of anilines is 1. The van der Waals surface area contributed by atoms with Gasteiger partial charge < -0.3 is 10.4 Å². The monoisotopic (exact) mass is 245 g/mol. The van der Waals surface area contributed by atoms with Crippen LogP contribution >= 0.6 is 0 Å². The van der Waals surface area contributed by atoms with Crippen LogP contribution < -0.4 is 11.1 Å². The molecule has 5 heteroatoms. The largest absolute Gasteiger partial charge is 0.369 e. The van der Waals surface area contributed by atoms with E-state index in [4.69, 9.17) is 5.73 Å². The van der Waals surface area contributed by atoms with Gasteiger partial charge >= 0.3 is 0 Å². The molecule has 0 bridgehead atoms. The Labute approximate surface area is 105 Å². The number of hydrogen-bond donors (Lipinski definition) is 3. The van der Waals surface area contributed by atoms with Crippen molar-refractivity contribution < 1.29 is 9.90 Å². The van der Waals surface area contributed by atoms with Gasteiger partial charge in [-0.25, -0.2) is 4.98 Å². The first-order valence-electron chi connectivity index (χ1n) is 5.66. The van der Waals surface area contributed by atoms with Crippen LogP contribution in [0.15, 0.2) is 48.7 Å². The lowest BCUT2D eigenvalue weighted by Crippen LogP contribution is -2.36. The third kappa shape index (κ3) is 3.51. The average Bonchev–Trinajstić information content (AvgIpc) is 2.33. The van der Waals surface area contributed by atoms with Crippen molar-refractivity contribution in [3.05, 3.63) is 48.7 Å². The number of nitrogens with one attached hydrogen (secondary N) is 1. The first-order chi connectivity index (χ1) is 8.55. The van der Waals surface area contributed by atoms with E-state index in [9.17, 15) is 9.90 Å². The molecule has 18 heavy (non-hydrogen) atoms. The predicted octanol–water partition coefficient (Wildman–Crippen LogP) is 0.800. The fourth-order valence-electron chi connectivity index (χ4n) is 1.66. The Hall–Kier alpha value is -1.98. The third-order valence-corrected chi connectivity index (χ3v) is 2.57. The Morgan fingerprint density at radius 3 is 2.78 bits per heavy atom. The molecule has 1 aromatic heterocycles. The smallest absolute Gasteiger partial charge is 0.226 e. The molecule has 1 aliphatic rings. The van der Waals surface area contributed by atoms with Crippen LogP contribution in [-0.2, 0) is 4.79 Å². The molecule has 0 spiro atoms. The van der Waals surface area contributed by atoms with Crippen LogP contribution in [0.5, 0.6) is 0 Å². The van der Waals surface area contributed by atoms with Crippen LogP contribution in [0.4, 0.5) is 5.82 Å². The summed E-state index contributed by atoms with van der Waals surface area (Å²) in [6, 6.07) is 5.31. The number of aliphatic hydroxyl groups is 1. The maximum absolute atomic E-state index is 11.7. The number of pyridine rings is 1. The molecule has 0 aromatic carbocycles. The lowest BCUT2D eigenvalue weighted by atomic mass is 9.96. The van der Waals surface area contributed by atoms with Crippen molar-refractivity contribution in [1.29, 1.82) is 0 Å². The zero-order chi connectivity index (χ0) is 13.0. The van der Waals surface area contributed by atoms with Gasteiger partial charge in [-0.15, -0.1) is 0 Å². The van der Waals surface area contributed by atoms with Gasteiger partial charge in [-0.3, -0.25) is 10.5 Å². The van der Waals surface area contributed by atoms with Gasteiger partial charge in [0.1, 0.15) is 5.82 Å². The van der Waals surface area contributed by atoms with Crippen LogP contribution in [0.3, 0.4) is 0 Å². The van der Waals surface area contributed by atoms with Gasteiger partial charge in [0.25, 0.3) is 0 Å². The van der Waals surface area contributed by atoms with Gasteiger partial charge in [0.05, 0.1) is 0 Å². The minimum absolute atomic E-state index is 0.0578. The minimum Gasteiger partial charge on any atom is -0.369 e. The van der Waals surface area contributed by atoms with E-state index >= 15 is 0 Å². The molecule has 94 valence electrons. The van der Waals surface area contributed by atoms with Crippen molar-refractivity contribution in [3.8, 4) is 0 Å². The Bertz CT molecular complexity index is 464. The second-order valence-electron chi connectivity index (χ2n) is 4.24. The van der Waals surface area contributed by atoms with E-state index in [0.717, 1.165) is 0 Å². The summed E-state index contributed by atoms with van der Waals surface area (Å²) in [7, 11) is 0. The predicted molar refractivity (Wildman–Crippen MR) is 68.4 cm³/mol. The van der Waals surface area contributed by atoms with Crippen molar-refractivity contribution in [1.82, 2.24) is 4.98 Å². The highest BCUT2D eigenvalue weighted by atomic mass is 16.3. The van der Waals surface area contributed by atoms with Crippen LogP contribution in [0, 0.1) is 5.92 Å². The van der Waals surface area contributed by atoms with Gasteiger partial charge in [0, 0.05) is 18.5 Å². The summed E-state index contributed by atoms with van der Waals surface area (Å²) in [5, 5.41) is 12.2. The van der Waals surface area contributed by atoms with E-state index in [1.165, 1.54) is 12.2 Å². The molecule has 1 aromatic rings. The molecule has 1 heterocycles. The molecule has 1 aliphatic carbocycles. The van der Waals surface area contributed by atoms with Crippen molar-refractivity contribution >= 4 is 11.7 Å². The molecule has 5 nitrogen and oxygen atoms in total. The van der Waals surface area contributed by atoms with Crippen molar-refractivity contribution in [2.75, 3.05) is 5.32 Å². The highest BCUT2D eigenvalue weighted by molar-refractivity contribution is 5.90. The minimum atomic E-state index is -1.39. The fourth-order valence-corrected chi connectivity index (χ4v) is 1.66. The molecular weight excluding hydrogens is 230 g/mol. The molecule has 0 saturated carbocycles. The van der Waals surface area contributed by atoms with Gasteiger partial charge in [-0.05, 0) is 24.3 Å². The zero-order valence-corrected chi connectivity index (χ0v) is 9.78. The Kier molecular flexibility index (Phi) is 3.55. The van der Waals surface area contributed by atoms with E-state index in [1.54, 1.807) is 36.5 Å². The lowest BCUT2D eigenvalue weighted by Gasteiger charge is -2.20. The van der Waals surface area contributed by atoms with Crippen LogP contribution in [0.1, 0.15) is 6.42 Å². The normalized spacial score (nSPS) is 26.0. The SMILES string of the molecule is NC1(O)C=CC(CC(=O)Nc2ccccn2)C=C1. The molecule has 0 unspecified atom stereocenters. The van der Waals surface area contributed by atoms with Crippen LogP contribution in [-0.4, -0.2) is 21.7 Å². The van der Waals surface area contributed by atoms with E-state index in [-0.39, 0.29) is 11.8 Å². The first-order valence-corrected chi connectivity index (χ1v) is 5.66. The fraction of sp³-hybridized carbons (Fsp3) is 0.231. The Morgan fingerprint density at radius 1 is 1.44 bits per heavy atom. The second-order valence-corrected chi connectivity index (χ2v) is 4.24. The van der Waals surface area contributed by atoms with Crippen molar-refractivity contribution in [3.63, 3.8) is 0 Å². The Morgan fingerprint density at radius 2 is 2.17 bits per heavy atom. The number of aromatic nitrogens is 1. The zero-order valence-electron chi connectivity index (χ0n) is 9.78. The number of hydrogen-bond acceptors (Lipinski definition) is 4. The summed E-state index contributed by atoms with van der Waals surface area (Å²) in [5.41, 5.74) is 4.07. The maximum Gasteiger partial charge on any atom is 0.226 e. The number of allylic oxidation sites excluding steroid dienone is 2. The maximum atomic E-state index is 11.7. The number of nitrogens with zero attached hydrogens (tertiary/aromatic N) is 1. The summed E-state index contributed by atoms with van der Waals surface area (Å²) in [6.07, 6.45) is 8.30. The quantitative estimate of drug-likeness (QED) is 0.543. The summed E-state index contributed by atoms with van der Waals surface area (Å²) in [4.78, 5) is 15.7. The van der Waals surface area contributed by atoms with Gasteiger partial charge in [0.2, 0.25) is 5.91 Å². The summed E-state index contributed by atoms with van der Waals surface area (Å²) in [5.74, 6) is 0.342. The van der Waals surface area contributed by atoms with Gasteiger partial charge in [-0.1, -0.05) is 18.2 Å². The Balaban J connectivity index is 1.88. The number of carbonyl (C=O) groups is 1. The standard InChI is InChI=1S/C13H15N3O2/c14-13(18)6-4-10(5-7-13)9-12(17)16-11-3-1-2-8-15-11/h1-8,10,18H,9,14H2,(H,15,16,17). The highest BCUT2D eigenvalue weighted by Crippen LogP contribution is 2.17. The highest BCUT2D eigenvalue weighted by Gasteiger charge is 2.19. The summed E-state index contributed by atoms with van der Waals surface area (Å²) < 4.78 is 0. The third-order valence-electron chi connectivity index (χ3n) is 2.57. The molecular formula is C13H15N3O2. The van der Waals surface area contributed by atoms with E-state index in [2.05, 4.69) is 10.3 Å². The van der Waals surface area contributed by atoms with Gasteiger partial charge in [-0.2, -0.15) is 0 Å². The van der Waals surface area contributed by atoms with Crippen LogP contribution in [0.25, 0.3) is 0 Å². The lowest BCUT2D eigenvalue weighted by molar-refractivity contribution is -0.116. The first kappa shape index (κ1) is 12.5. The summed E-state index contributed by atoms with van der Waals surface area (Å²) >= 11 is 0. The number of carbonyl (C=O) groups excluding carboxylic acids is 1. The van der Waals surface area contributed by atoms with Crippen molar-refractivity contribution in [2.24, 2.45) is 11.7 Å². The van der Waals surface area contributed by atoms with Gasteiger partial charge in [0.15, 0.2) is 5.72 Å². The molecule has 0 atom stereocenters. The van der Waals surface area contributed by atoms with Crippen LogP contribution in [0.2, 0.25) is 0 Å². The number of nitrogens with two attached hydrogens (primary N) is 1.